The van der Waals surface area contributed by atoms with Gasteiger partial charge in [-0.25, -0.2) is 4.98 Å². The molecule has 7 heteroatoms. The summed E-state index contributed by atoms with van der Waals surface area (Å²) in [6.07, 6.45) is 0. The van der Waals surface area contributed by atoms with Crippen molar-refractivity contribution < 1.29 is 4.74 Å². The summed E-state index contributed by atoms with van der Waals surface area (Å²) in [5, 5.41) is 13.2. The van der Waals surface area contributed by atoms with Gasteiger partial charge in [0.2, 0.25) is 0 Å². The first-order chi connectivity index (χ1) is 14.5. The number of nitriles is 1. The van der Waals surface area contributed by atoms with E-state index in [0.717, 1.165) is 21.0 Å². The van der Waals surface area contributed by atoms with Gasteiger partial charge in [-0.1, -0.05) is 12.1 Å². The summed E-state index contributed by atoms with van der Waals surface area (Å²) in [4.78, 5) is 21.9. The standard InChI is InChI=1S/C23H20N4O2S/c1-13-15(3)30-23-20(13)22(28)26-21(27-23)14(2)25-17-8-10-18(11-9-17)29-19-7-5-4-6-16(19)12-24/h4-11,14,25H,1-3H3,(H,26,27,28). The average molecular weight is 417 g/mol. The molecular weight excluding hydrogens is 396 g/mol. The Bertz CT molecular complexity index is 1320. The van der Waals surface area contributed by atoms with Gasteiger partial charge in [0.1, 0.15) is 28.2 Å². The quantitative estimate of drug-likeness (QED) is 0.452. The molecular formula is C23H20N4O2S. The molecule has 0 spiro atoms. The number of hydrogen-bond acceptors (Lipinski definition) is 6. The number of para-hydroxylation sites is 1. The lowest BCUT2D eigenvalue weighted by Gasteiger charge is -2.15. The topological polar surface area (TPSA) is 90.8 Å². The molecule has 2 heterocycles. The number of thiophene rings is 1. The van der Waals surface area contributed by atoms with Gasteiger partial charge in [0.25, 0.3) is 5.56 Å². The SMILES string of the molecule is Cc1sc2nc(C(C)Nc3ccc(Oc4ccccc4C#N)cc3)[nH]c(=O)c2c1C. The van der Waals surface area contributed by atoms with Gasteiger partial charge in [-0.2, -0.15) is 5.26 Å². The van der Waals surface area contributed by atoms with Crippen molar-refractivity contribution in [1.29, 1.82) is 5.26 Å². The summed E-state index contributed by atoms with van der Waals surface area (Å²) < 4.78 is 5.81. The van der Waals surface area contributed by atoms with Crippen molar-refractivity contribution in [3.8, 4) is 17.6 Å². The van der Waals surface area contributed by atoms with Crippen LogP contribution in [-0.4, -0.2) is 9.97 Å². The van der Waals surface area contributed by atoms with Gasteiger partial charge in [-0.15, -0.1) is 11.3 Å². The zero-order valence-electron chi connectivity index (χ0n) is 16.8. The molecule has 0 saturated heterocycles. The van der Waals surface area contributed by atoms with Gasteiger partial charge in [-0.3, -0.25) is 4.79 Å². The van der Waals surface area contributed by atoms with Crippen LogP contribution in [0.2, 0.25) is 0 Å². The fourth-order valence-corrected chi connectivity index (χ4v) is 4.23. The Morgan fingerprint density at radius 2 is 1.90 bits per heavy atom. The second kappa shape index (κ2) is 8.01. The first kappa shape index (κ1) is 19.7. The average Bonchev–Trinajstić information content (AvgIpc) is 3.03. The van der Waals surface area contributed by atoms with E-state index in [2.05, 4.69) is 21.4 Å². The predicted octanol–water partition coefficient (Wildman–Crippen LogP) is 5.44. The number of aryl methyl sites for hydroxylation is 2. The first-order valence-electron chi connectivity index (χ1n) is 9.49. The second-order valence-corrected chi connectivity index (χ2v) is 8.22. The minimum absolute atomic E-state index is 0.106. The van der Waals surface area contributed by atoms with Crippen LogP contribution in [0.1, 0.15) is 34.8 Å². The van der Waals surface area contributed by atoms with E-state index < -0.39 is 0 Å². The van der Waals surface area contributed by atoms with Crippen LogP contribution in [0.25, 0.3) is 10.2 Å². The number of rotatable bonds is 5. The summed E-state index contributed by atoms with van der Waals surface area (Å²) in [6.45, 7) is 5.90. The van der Waals surface area contributed by atoms with E-state index in [1.165, 1.54) is 11.3 Å². The molecule has 1 unspecified atom stereocenters. The van der Waals surface area contributed by atoms with Gasteiger partial charge in [0, 0.05) is 10.6 Å². The van der Waals surface area contributed by atoms with Crippen LogP contribution in [0.15, 0.2) is 53.3 Å². The summed E-state index contributed by atoms with van der Waals surface area (Å²) in [5.41, 5.74) is 2.23. The monoisotopic (exact) mass is 416 g/mol. The Labute approximate surface area is 177 Å². The fraction of sp³-hybridized carbons (Fsp3) is 0.174. The normalized spacial score (nSPS) is 11.8. The van der Waals surface area contributed by atoms with Gasteiger partial charge in [-0.05, 0) is 62.7 Å². The molecule has 0 aliphatic heterocycles. The lowest BCUT2D eigenvalue weighted by Crippen LogP contribution is -2.17. The molecule has 0 saturated carbocycles. The van der Waals surface area contributed by atoms with E-state index in [0.29, 0.717) is 28.3 Å². The Morgan fingerprint density at radius 1 is 1.17 bits per heavy atom. The van der Waals surface area contributed by atoms with Crippen LogP contribution in [0, 0.1) is 25.2 Å². The van der Waals surface area contributed by atoms with Crippen molar-refractivity contribution in [2.24, 2.45) is 0 Å². The molecule has 4 rings (SSSR count). The number of ether oxygens (including phenoxy) is 1. The lowest BCUT2D eigenvalue weighted by molar-refractivity contribution is 0.481. The van der Waals surface area contributed by atoms with Crippen molar-refractivity contribution in [2.75, 3.05) is 5.32 Å². The maximum Gasteiger partial charge on any atom is 0.259 e. The third kappa shape index (κ3) is 3.78. The van der Waals surface area contributed by atoms with Gasteiger partial charge >= 0.3 is 0 Å². The summed E-state index contributed by atoms with van der Waals surface area (Å²) in [5.74, 6) is 1.75. The molecule has 0 amide bonds. The summed E-state index contributed by atoms with van der Waals surface area (Å²) in [7, 11) is 0. The maximum absolute atomic E-state index is 12.5. The number of fused-ring (bicyclic) bond motifs is 1. The number of aromatic nitrogens is 2. The number of benzene rings is 2. The molecule has 0 aliphatic carbocycles. The van der Waals surface area contributed by atoms with Crippen molar-refractivity contribution >= 4 is 27.2 Å². The zero-order valence-corrected chi connectivity index (χ0v) is 17.6. The molecule has 2 aromatic heterocycles. The van der Waals surface area contributed by atoms with Crippen molar-refractivity contribution in [3.63, 3.8) is 0 Å². The van der Waals surface area contributed by atoms with Crippen LogP contribution in [0.5, 0.6) is 11.5 Å². The van der Waals surface area contributed by atoms with Crippen molar-refractivity contribution in [3.05, 3.63) is 80.7 Å². The van der Waals surface area contributed by atoms with E-state index in [9.17, 15) is 10.1 Å². The molecule has 0 aliphatic rings. The predicted molar refractivity (Wildman–Crippen MR) is 119 cm³/mol. The Hall–Kier alpha value is -3.63. The number of anilines is 1. The summed E-state index contributed by atoms with van der Waals surface area (Å²) in [6, 6.07) is 16.5. The van der Waals surface area contributed by atoms with Crippen LogP contribution in [0.4, 0.5) is 5.69 Å². The van der Waals surface area contributed by atoms with Crippen LogP contribution in [-0.2, 0) is 0 Å². The lowest BCUT2D eigenvalue weighted by atomic mass is 10.2. The molecule has 1 atom stereocenters. The Morgan fingerprint density at radius 3 is 2.63 bits per heavy atom. The third-order valence-electron chi connectivity index (χ3n) is 4.94. The number of aromatic amines is 1. The molecule has 4 aromatic rings. The number of hydrogen-bond donors (Lipinski definition) is 2. The molecule has 6 nitrogen and oxygen atoms in total. The molecule has 0 fully saturated rings. The number of H-pyrrole nitrogens is 1. The Kier molecular flexibility index (Phi) is 5.25. The number of nitrogens with zero attached hydrogens (tertiary/aromatic N) is 2. The van der Waals surface area contributed by atoms with E-state index in [4.69, 9.17) is 4.74 Å². The summed E-state index contributed by atoms with van der Waals surface area (Å²) >= 11 is 1.54. The van der Waals surface area contributed by atoms with Gasteiger partial charge < -0.3 is 15.0 Å². The highest BCUT2D eigenvalue weighted by molar-refractivity contribution is 7.18. The van der Waals surface area contributed by atoms with Crippen molar-refractivity contribution in [2.45, 2.75) is 26.8 Å². The van der Waals surface area contributed by atoms with E-state index in [1.807, 2.05) is 51.1 Å². The second-order valence-electron chi connectivity index (χ2n) is 7.01. The van der Waals surface area contributed by atoms with Crippen molar-refractivity contribution in [1.82, 2.24) is 9.97 Å². The molecule has 0 bridgehead atoms. The smallest absolute Gasteiger partial charge is 0.259 e. The number of nitrogens with one attached hydrogen (secondary N) is 2. The van der Waals surface area contributed by atoms with Gasteiger partial charge in [0.15, 0.2) is 0 Å². The molecule has 30 heavy (non-hydrogen) atoms. The van der Waals surface area contributed by atoms with E-state index >= 15 is 0 Å². The van der Waals surface area contributed by atoms with Crippen LogP contribution < -0.4 is 15.6 Å². The molecule has 0 radical (unpaired) electrons. The maximum atomic E-state index is 12.5. The van der Waals surface area contributed by atoms with Crippen LogP contribution in [0.3, 0.4) is 0 Å². The molecule has 2 aromatic carbocycles. The highest BCUT2D eigenvalue weighted by Crippen LogP contribution is 2.28. The van der Waals surface area contributed by atoms with E-state index in [1.54, 1.807) is 18.2 Å². The molecule has 150 valence electrons. The highest BCUT2D eigenvalue weighted by Gasteiger charge is 2.15. The zero-order chi connectivity index (χ0) is 21.3. The first-order valence-corrected chi connectivity index (χ1v) is 10.3. The largest absolute Gasteiger partial charge is 0.456 e. The van der Waals surface area contributed by atoms with E-state index in [-0.39, 0.29) is 11.6 Å². The highest BCUT2D eigenvalue weighted by atomic mass is 32.1. The molecule has 2 N–H and O–H groups in total. The fourth-order valence-electron chi connectivity index (χ4n) is 3.19. The minimum Gasteiger partial charge on any atom is -0.456 e. The Balaban J connectivity index is 1.51. The minimum atomic E-state index is -0.184. The van der Waals surface area contributed by atoms with Crippen LogP contribution >= 0.6 is 11.3 Å². The van der Waals surface area contributed by atoms with Gasteiger partial charge in [0.05, 0.1) is 17.0 Å². The third-order valence-corrected chi connectivity index (χ3v) is 6.04.